The van der Waals surface area contributed by atoms with E-state index in [4.69, 9.17) is 0 Å². The van der Waals surface area contributed by atoms with Crippen molar-refractivity contribution < 1.29 is 4.79 Å². The molecular formula is C14H19NO. The third-order valence-electron chi connectivity index (χ3n) is 3.91. The zero-order valence-electron chi connectivity index (χ0n) is 9.99. The molecular weight excluding hydrogens is 198 g/mol. The Balaban J connectivity index is 2.46. The molecule has 16 heavy (non-hydrogen) atoms. The minimum Gasteiger partial charge on any atom is -0.316 e. The largest absolute Gasteiger partial charge is 0.316 e. The summed E-state index contributed by atoms with van der Waals surface area (Å²) < 4.78 is 0. The van der Waals surface area contributed by atoms with E-state index in [1.54, 1.807) is 6.92 Å². The molecule has 1 aromatic carbocycles. The molecule has 1 N–H and O–H groups in total. The summed E-state index contributed by atoms with van der Waals surface area (Å²) in [5.74, 6) is 0.661. The zero-order valence-corrected chi connectivity index (χ0v) is 9.99. The SMILES string of the molecule is CC(=O)C1(c2ccccc2)CCNC[C@H]1C. The zero-order chi connectivity index (χ0) is 11.6. The van der Waals surface area contributed by atoms with E-state index in [0.29, 0.717) is 11.7 Å². The number of hydrogen-bond acceptors (Lipinski definition) is 2. The van der Waals surface area contributed by atoms with Crippen molar-refractivity contribution in [3.8, 4) is 0 Å². The fourth-order valence-electron chi connectivity index (χ4n) is 2.92. The van der Waals surface area contributed by atoms with Gasteiger partial charge in [0.05, 0.1) is 5.41 Å². The minimum absolute atomic E-state index is 0.271. The Morgan fingerprint density at radius 2 is 2.06 bits per heavy atom. The van der Waals surface area contributed by atoms with E-state index in [0.717, 1.165) is 19.5 Å². The second-order valence-corrected chi connectivity index (χ2v) is 4.75. The van der Waals surface area contributed by atoms with Gasteiger partial charge in [-0.2, -0.15) is 0 Å². The van der Waals surface area contributed by atoms with Crippen molar-refractivity contribution in [3.63, 3.8) is 0 Å². The van der Waals surface area contributed by atoms with Gasteiger partial charge in [0.2, 0.25) is 0 Å². The molecule has 0 spiro atoms. The van der Waals surface area contributed by atoms with Crippen LogP contribution in [-0.2, 0) is 10.2 Å². The van der Waals surface area contributed by atoms with Gasteiger partial charge in [0.1, 0.15) is 5.78 Å². The maximum atomic E-state index is 12.1. The summed E-state index contributed by atoms with van der Waals surface area (Å²) in [4.78, 5) is 12.1. The van der Waals surface area contributed by atoms with E-state index >= 15 is 0 Å². The molecule has 0 aliphatic carbocycles. The van der Waals surface area contributed by atoms with Gasteiger partial charge in [-0.3, -0.25) is 4.79 Å². The summed E-state index contributed by atoms with van der Waals surface area (Å²) in [5, 5.41) is 3.36. The Labute approximate surface area is 97.1 Å². The van der Waals surface area contributed by atoms with Gasteiger partial charge in [0.25, 0.3) is 0 Å². The lowest BCUT2D eigenvalue weighted by molar-refractivity contribution is -0.125. The van der Waals surface area contributed by atoms with Crippen molar-refractivity contribution >= 4 is 5.78 Å². The van der Waals surface area contributed by atoms with Crippen LogP contribution in [0.15, 0.2) is 30.3 Å². The van der Waals surface area contributed by atoms with Gasteiger partial charge in [-0.25, -0.2) is 0 Å². The average Bonchev–Trinajstić information content (AvgIpc) is 2.30. The molecule has 1 unspecified atom stereocenters. The normalized spacial score (nSPS) is 30.0. The summed E-state index contributed by atoms with van der Waals surface area (Å²) in [6, 6.07) is 10.2. The van der Waals surface area contributed by atoms with Crippen molar-refractivity contribution in [2.24, 2.45) is 5.92 Å². The van der Waals surface area contributed by atoms with Crippen LogP contribution in [0.1, 0.15) is 25.8 Å². The van der Waals surface area contributed by atoms with Crippen LogP contribution < -0.4 is 5.32 Å². The summed E-state index contributed by atoms with van der Waals surface area (Å²) >= 11 is 0. The first kappa shape index (κ1) is 11.3. The van der Waals surface area contributed by atoms with Gasteiger partial charge >= 0.3 is 0 Å². The molecule has 1 saturated heterocycles. The van der Waals surface area contributed by atoms with E-state index in [9.17, 15) is 4.79 Å². The summed E-state index contributed by atoms with van der Waals surface area (Å²) in [7, 11) is 0. The molecule has 1 aliphatic rings. The molecule has 0 aromatic heterocycles. The van der Waals surface area contributed by atoms with Crippen molar-refractivity contribution in [3.05, 3.63) is 35.9 Å². The van der Waals surface area contributed by atoms with E-state index in [1.807, 2.05) is 18.2 Å². The number of carbonyl (C=O) groups is 1. The van der Waals surface area contributed by atoms with E-state index in [-0.39, 0.29) is 5.41 Å². The van der Waals surface area contributed by atoms with E-state index in [2.05, 4.69) is 24.4 Å². The Hall–Kier alpha value is -1.15. The predicted molar refractivity (Wildman–Crippen MR) is 65.5 cm³/mol. The molecule has 0 radical (unpaired) electrons. The number of carbonyl (C=O) groups excluding carboxylic acids is 1. The highest BCUT2D eigenvalue weighted by Crippen LogP contribution is 2.38. The summed E-state index contributed by atoms with van der Waals surface area (Å²) in [6.45, 7) is 5.75. The van der Waals surface area contributed by atoms with E-state index < -0.39 is 0 Å². The fraction of sp³-hybridized carbons (Fsp3) is 0.500. The van der Waals surface area contributed by atoms with Crippen LogP contribution in [0.2, 0.25) is 0 Å². The molecule has 1 aromatic rings. The molecule has 2 rings (SSSR count). The van der Waals surface area contributed by atoms with Gasteiger partial charge in [0.15, 0.2) is 0 Å². The standard InChI is InChI=1S/C14H19NO/c1-11-10-15-9-8-14(11,12(2)16)13-6-4-3-5-7-13/h3-7,11,15H,8-10H2,1-2H3/t11-,14?/m1/s1. The predicted octanol–water partition coefficient (Wildman–Crippen LogP) is 2.14. The fourth-order valence-corrected chi connectivity index (χ4v) is 2.92. The van der Waals surface area contributed by atoms with Gasteiger partial charge in [-0.05, 0) is 37.9 Å². The van der Waals surface area contributed by atoms with Gasteiger partial charge in [-0.15, -0.1) is 0 Å². The van der Waals surface area contributed by atoms with Crippen molar-refractivity contribution in [2.75, 3.05) is 13.1 Å². The maximum absolute atomic E-state index is 12.1. The van der Waals surface area contributed by atoms with Crippen LogP contribution in [-0.4, -0.2) is 18.9 Å². The smallest absolute Gasteiger partial charge is 0.140 e. The van der Waals surface area contributed by atoms with Crippen LogP contribution in [0, 0.1) is 5.92 Å². The van der Waals surface area contributed by atoms with Crippen molar-refractivity contribution in [1.82, 2.24) is 5.32 Å². The number of nitrogens with one attached hydrogen (secondary N) is 1. The molecule has 1 heterocycles. The molecule has 2 heteroatoms. The molecule has 2 atom stereocenters. The number of piperidine rings is 1. The van der Waals surface area contributed by atoms with Crippen LogP contribution in [0.25, 0.3) is 0 Å². The molecule has 0 bridgehead atoms. The minimum atomic E-state index is -0.271. The van der Waals surface area contributed by atoms with Crippen LogP contribution in [0.5, 0.6) is 0 Å². The first-order valence-electron chi connectivity index (χ1n) is 5.95. The van der Waals surface area contributed by atoms with Crippen LogP contribution in [0.4, 0.5) is 0 Å². The molecule has 1 aliphatic heterocycles. The average molecular weight is 217 g/mol. The number of benzene rings is 1. The summed E-state index contributed by atoms with van der Waals surface area (Å²) in [5.41, 5.74) is 0.906. The van der Waals surface area contributed by atoms with Gasteiger partial charge in [0, 0.05) is 0 Å². The summed E-state index contributed by atoms with van der Waals surface area (Å²) in [6.07, 6.45) is 0.910. The van der Waals surface area contributed by atoms with Crippen molar-refractivity contribution in [1.29, 1.82) is 0 Å². The topological polar surface area (TPSA) is 29.1 Å². The number of Topliss-reactive ketones (excluding diaryl/α,β-unsaturated/α-hetero) is 1. The lowest BCUT2D eigenvalue weighted by Crippen LogP contribution is -2.51. The van der Waals surface area contributed by atoms with E-state index in [1.165, 1.54) is 5.56 Å². The molecule has 2 nitrogen and oxygen atoms in total. The lowest BCUT2D eigenvalue weighted by Gasteiger charge is -2.41. The Morgan fingerprint density at radius 3 is 2.62 bits per heavy atom. The number of rotatable bonds is 2. The maximum Gasteiger partial charge on any atom is 0.140 e. The Kier molecular flexibility index (Phi) is 3.10. The Morgan fingerprint density at radius 1 is 1.38 bits per heavy atom. The monoisotopic (exact) mass is 217 g/mol. The molecule has 86 valence electrons. The first-order valence-corrected chi connectivity index (χ1v) is 5.95. The number of ketones is 1. The highest BCUT2D eigenvalue weighted by molar-refractivity contribution is 5.88. The van der Waals surface area contributed by atoms with Crippen molar-refractivity contribution in [2.45, 2.75) is 25.7 Å². The second-order valence-electron chi connectivity index (χ2n) is 4.75. The highest BCUT2D eigenvalue weighted by Gasteiger charge is 2.43. The molecule has 0 amide bonds. The first-order chi connectivity index (χ1) is 7.68. The quantitative estimate of drug-likeness (QED) is 0.822. The lowest BCUT2D eigenvalue weighted by atomic mass is 9.64. The van der Waals surface area contributed by atoms with Gasteiger partial charge < -0.3 is 5.32 Å². The van der Waals surface area contributed by atoms with Crippen LogP contribution >= 0.6 is 0 Å². The Bertz CT molecular complexity index is 374. The van der Waals surface area contributed by atoms with Gasteiger partial charge in [-0.1, -0.05) is 37.3 Å². The third-order valence-corrected chi connectivity index (χ3v) is 3.91. The molecule has 1 fully saturated rings. The highest BCUT2D eigenvalue weighted by atomic mass is 16.1. The third kappa shape index (κ3) is 1.67. The second kappa shape index (κ2) is 4.38. The molecule has 0 saturated carbocycles. The number of hydrogen-bond donors (Lipinski definition) is 1. The van der Waals surface area contributed by atoms with Crippen LogP contribution in [0.3, 0.4) is 0 Å².